The molecule has 0 spiro atoms. The zero-order chi connectivity index (χ0) is 44.9. The van der Waals surface area contributed by atoms with Crippen LogP contribution in [0.2, 0.25) is 0 Å². The molecule has 362 valence electrons. The molecule has 0 heterocycles. The fourth-order valence-corrected chi connectivity index (χ4v) is 8.00. The molecule has 0 bridgehead atoms. The molecule has 0 aliphatic heterocycles. The van der Waals surface area contributed by atoms with Gasteiger partial charge in [0.15, 0.2) is 0 Å². The van der Waals surface area contributed by atoms with Crippen molar-refractivity contribution in [2.24, 2.45) is 11.8 Å². The zero-order valence-corrected chi connectivity index (χ0v) is 41.3. The Bertz CT molecular complexity index is 874. The number of nitrogens with one attached hydrogen (secondary N) is 1. The first-order chi connectivity index (χ1) is 29.8. The highest BCUT2D eigenvalue weighted by atomic mass is 16.6. The number of carbonyl (C=O) groups excluding carboxylic acids is 3. The van der Waals surface area contributed by atoms with Crippen molar-refractivity contribution in [3.63, 3.8) is 0 Å². The number of alkyl carbamates (subject to hydrolysis) is 1. The minimum absolute atomic E-state index is 0.000492. The molecule has 0 aliphatic carbocycles. The largest absolute Gasteiger partial charge is 0.465 e. The molecule has 61 heavy (non-hydrogen) atoms. The third-order valence-electron chi connectivity index (χ3n) is 12.1. The molecule has 9 heteroatoms. The van der Waals surface area contributed by atoms with Crippen molar-refractivity contribution in [3.8, 4) is 0 Å². The van der Waals surface area contributed by atoms with Crippen LogP contribution in [0, 0.1) is 11.8 Å². The van der Waals surface area contributed by atoms with Gasteiger partial charge in [-0.25, -0.2) is 4.79 Å². The summed E-state index contributed by atoms with van der Waals surface area (Å²) in [6.07, 6.45) is 37.0. The number of ether oxygens (including phenoxy) is 4. The molecule has 0 aromatic carbocycles. The predicted octanol–water partition coefficient (Wildman–Crippen LogP) is 14.3. The maximum atomic E-state index is 13.3. The van der Waals surface area contributed by atoms with E-state index >= 15 is 0 Å². The molecule has 0 unspecified atom stereocenters. The minimum atomic E-state index is -0.432. The maximum Gasteiger partial charge on any atom is 0.407 e. The smallest absolute Gasteiger partial charge is 0.407 e. The average Bonchev–Trinajstić information content (AvgIpc) is 3.24. The van der Waals surface area contributed by atoms with Gasteiger partial charge in [0.25, 0.3) is 0 Å². The molecule has 9 nitrogen and oxygen atoms in total. The number of hydrogen-bond acceptors (Lipinski definition) is 8. The highest BCUT2D eigenvalue weighted by Crippen LogP contribution is 2.23. The number of nitrogens with zero attached hydrogens (tertiary/aromatic N) is 1. The number of likely N-dealkylation sites (N-methyl/N-ethyl adjacent to an activating group) is 1. The Morgan fingerprint density at radius 3 is 1.13 bits per heavy atom. The van der Waals surface area contributed by atoms with Gasteiger partial charge < -0.3 is 29.2 Å². The minimum Gasteiger partial charge on any atom is -0.465 e. The van der Waals surface area contributed by atoms with Crippen LogP contribution in [-0.2, 0) is 28.5 Å². The van der Waals surface area contributed by atoms with E-state index in [-0.39, 0.29) is 29.9 Å². The third kappa shape index (κ3) is 40.6. The van der Waals surface area contributed by atoms with Crippen LogP contribution in [0.4, 0.5) is 4.79 Å². The monoisotopic (exact) mass is 867 g/mol. The van der Waals surface area contributed by atoms with Gasteiger partial charge >= 0.3 is 18.0 Å². The molecular weight excluding hydrogens is 765 g/mol. The number of unbranched alkanes of at least 4 members (excludes halogenated alkanes) is 22. The van der Waals surface area contributed by atoms with Crippen LogP contribution in [0.1, 0.15) is 246 Å². The van der Waals surface area contributed by atoms with Gasteiger partial charge in [0.05, 0.1) is 38.3 Å². The highest BCUT2D eigenvalue weighted by molar-refractivity contribution is 5.72. The summed E-state index contributed by atoms with van der Waals surface area (Å²) in [5, 5.41) is 2.84. The Kier molecular flexibility index (Phi) is 44.7. The second-order valence-electron chi connectivity index (χ2n) is 18.3. The van der Waals surface area contributed by atoms with Gasteiger partial charge in [-0.2, -0.15) is 0 Å². The SMILES string of the molecule is CCCCCCCCC(CCCCCCCC)C(=O)OCCCCC(CCCCOC(=O)C(CCCCCCCC)CCCCCCCC)OC(=O)NCCOCCN(C)C. The molecular formula is C52H102N2O7. The summed E-state index contributed by atoms with van der Waals surface area (Å²) in [4.78, 5) is 41.4. The van der Waals surface area contributed by atoms with Gasteiger partial charge in [-0.3, -0.25) is 9.59 Å². The molecule has 0 rings (SSSR count). The molecule has 0 saturated heterocycles. The lowest BCUT2D eigenvalue weighted by atomic mass is 9.94. The molecule has 0 aromatic rings. The summed E-state index contributed by atoms with van der Waals surface area (Å²) in [6.45, 7) is 12.0. The van der Waals surface area contributed by atoms with Gasteiger partial charge in [-0.1, -0.05) is 182 Å². The Hall–Kier alpha value is -1.87. The van der Waals surface area contributed by atoms with Crippen LogP contribution in [0.5, 0.6) is 0 Å². The second-order valence-corrected chi connectivity index (χ2v) is 18.3. The van der Waals surface area contributed by atoms with Crippen molar-refractivity contribution >= 4 is 18.0 Å². The number of rotatable bonds is 47. The van der Waals surface area contributed by atoms with E-state index < -0.39 is 6.09 Å². The summed E-state index contributed by atoms with van der Waals surface area (Å²) < 4.78 is 23.3. The number of esters is 2. The number of carbonyl (C=O) groups is 3. The van der Waals surface area contributed by atoms with Crippen LogP contribution in [0.15, 0.2) is 0 Å². The van der Waals surface area contributed by atoms with Crippen LogP contribution in [0.3, 0.4) is 0 Å². The van der Waals surface area contributed by atoms with E-state index in [1.807, 2.05) is 14.1 Å². The first kappa shape index (κ1) is 59.1. The Labute approximate surface area is 378 Å². The Balaban J connectivity index is 5.06. The maximum absolute atomic E-state index is 13.3. The molecule has 0 radical (unpaired) electrons. The van der Waals surface area contributed by atoms with Crippen LogP contribution < -0.4 is 5.32 Å². The van der Waals surface area contributed by atoms with Gasteiger partial charge in [-0.15, -0.1) is 0 Å². The number of hydrogen-bond donors (Lipinski definition) is 1. The molecule has 0 aliphatic rings. The molecule has 0 atom stereocenters. The van der Waals surface area contributed by atoms with E-state index in [1.165, 1.54) is 128 Å². The van der Waals surface area contributed by atoms with Crippen molar-refractivity contribution in [1.29, 1.82) is 0 Å². The third-order valence-corrected chi connectivity index (χ3v) is 12.1. The van der Waals surface area contributed by atoms with E-state index in [4.69, 9.17) is 18.9 Å². The normalized spacial score (nSPS) is 11.6. The standard InChI is InChI=1S/C52H102N2O7/c1-7-11-15-19-23-27-35-47(36-28-24-20-16-12-8-2)50(55)59-43-33-31-39-49(61-52(57)53-41-45-58-46-42-54(5)6)40-32-34-44-60-51(56)48(37-29-25-21-17-13-9-3)38-30-26-22-18-14-10-4/h47-49H,7-46H2,1-6H3,(H,53,57). The van der Waals surface area contributed by atoms with Crippen LogP contribution in [-0.4, -0.2) is 82.6 Å². The summed E-state index contributed by atoms with van der Waals surface area (Å²) in [7, 11) is 4.01. The molecule has 0 saturated carbocycles. The van der Waals surface area contributed by atoms with E-state index in [1.54, 1.807) is 0 Å². The molecule has 1 N–H and O–H groups in total. The van der Waals surface area contributed by atoms with Gasteiger partial charge in [0, 0.05) is 13.1 Å². The Morgan fingerprint density at radius 1 is 0.426 bits per heavy atom. The van der Waals surface area contributed by atoms with Gasteiger partial charge in [0.1, 0.15) is 6.10 Å². The average molecular weight is 867 g/mol. The van der Waals surface area contributed by atoms with Crippen molar-refractivity contribution in [2.45, 2.75) is 252 Å². The first-order valence-electron chi connectivity index (χ1n) is 26.3. The second kappa shape index (κ2) is 46.1. The van der Waals surface area contributed by atoms with Gasteiger partial charge in [0.2, 0.25) is 0 Å². The van der Waals surface area contributed by atoms with E-state index in [9.17, 15) is 14.4 Å². The van der Waals surface area contributed by atoms with Crippen molar-refractivity contribution < 1.29 is 33.3 Å². The lowest BCUT2D eigenvalue weighted by Gasteiger charge is -2.19. The van der Waals surface area contributed by atoms with Crippen LogP contribution in [0.25, 0.3) is 0 Å². The fraction of sp³-hybridized carbons (Fsp3) is 0.942. The van der Waals surface area contributed by atoms with E-state index in [0.717, 1.165) is 83.6 Å². The van der Waals surface area contributed by atoms with Gasteiger partial charge in [-0.05, 0) is 78.3 Å². The molecule has 0 fully saturated rings. The molecule has 0 aromatic heterocycles. The Morgan fingerprint density at radius 2 is 0.770 bits per heavy atom. The van der Waals surface area contributed by atoms with E-state index in [2.05, 4.69) is 37.9 Å². The highest BCUT2D eigenvalue weighted by Gasteiger charge is 2.21. The quantitative estimate of drug-likeness (QED) is 0.0366. The lowest BCUT2D eigenvalue weighted by Crippen LogP contribution is -2.32. The van der Waals surface area contributed by atoms with Crippen molar-refractivity contribution in [2.75, 3.05) is 53.6 Å². The zero-order valence-electron chi connectivity index (χ0n) is 41.3. The van der Waals surface area contributed by atoms with Crippen molar-refractivity contribution in [3.05, 3.63) is 0 Å². The topological polar surface area (TPSA) is 103 Å². The summed E-state index contributed by atoms with van der Waals surface area (Å²) in [5.41, 5.74) is 0. The summed E-state index contributed by atoms with van der Waals surface area (Å²) in [5.74, 6) is -0.0606. The summed E-state index contributed by atoms with van der Waals surface area (Å²) >= 11 is 0. The van der Waals surface area contributed by atoms with Crippen molar-refractivity contribution in [1.82, 2.24) is 10.2 Å². The lowest BCUT2D eigenvalue weighted by molar-refractivity contribution is -0.150. The molecule has 1 amide bonds. The van der Waals surface area contributed by atoms with E-state index in [0.29, 0.717) is 45.8 Å². The fourth-order valence-electron chi connectivity index (χ4n) is 8.00. The van der Waals surface area contributed by atoms with Crippen LogP contribution >= 0.6 is 0 Å². The number of amides is 1. The summed E-state index contributed by atoms with van der Waals surface area (Å²) in [6, 6.07) is 0. The predicted molar refractivity (Wildman–Crippen MR) is 256 cm³/mol. The first-order valence-corrected chi connectivity index (χ1v) is 26.3.